The zero-order chi connectivity index (χ0) is 93.9. The number of aliphatic hydroxyl groups is 30. The van der Waals surface area contributed by atoms with Gasteiger partial charge >= 0.3 is 0 Å². The van der Waals surface area contributed by atoms with Crippen molar-refractivity contribution in [2.45, 2.75) is 332 Å². The number of hydrogen-bond donors (Lipinski definition) is 34. The van der Waals surface area contributed by atoms with Gasteiger partial charge in [0.2, 0.25) is 17.7 Å². The molecule has 0 aliphatic carbocycles. The second-order valence-electron chi connectivity index (χ2n) is 32.7. The summed E-state index contributed by atoms with van der Waals surface area (Å²) < 4.78 is 110. The lowest BCUT2D eigenvalue weighted by molar-refractivity contribution is -0.396. The van der Waals surface area contributed by atoms with E-state index in [0.29, 0.717) is 0 Å². The number of carbonyl (C=O) groups excluding carboxylic acids is 3. The van der Waals surface area contributed by atoms with Crippen LogP contribution in [0.2, 0.25) is 0 Å². The molecule has 24 saturated heterocycles. The van der Waals surface area contributed by atoms with Crippen LogP contribution >= 0.6 is 0 Å². The largest absolute Gasteiger partial charge is 0.508 e. The summed E-state index contributed by atoms with van der Waals surface area (Å²) in [6.45, 7) is -10.8. The standard InChI is InChI=1S/C73H115N3O53/c77-9-22-33(88)36(91)45(100)65(114-22)111-17-30-35(90)62(129-66-46(101)37(92)34(89)23(10-78)115-66)54(109)64(112-30)76-63(110)20(7-18-1-3-19(85)4-2-18)75-32(87)6-5-31(86)74-8-21-55-38(93)47(102)67(113-21)123-56-24(11-79)117-69(49(104)40(56)95)125-58-26(13-81)119-71(51(106)42(58)97)127-60-28(15-83)121-73(53(108)44(60)99)128-61-29(16-84)120-72(52(107)43(61)98)126-59-27(14-82)118-70(50(105)41(59)96)124-57-25(12-80)116-68(122-55)48(103)39(57)94/h1-4,20-30,33-62,64-73,77-85,88-109H,5-17H2,(H,74,86)(H,75,87)(H,76,110). The van der Waals surface area contributed by atoms with Crippen molar-refractivity contribution >= 4 is 17.7 Å². The van der Waals surface area contributed by atoms with Crippen LogP contribution in [0, 0.1) is 0 Å². The van der Waals surface area contributed by atoms with Crippen LogP contribution in [0.5, 0.6) is 5.75 Å². The van der Waals surface area contributed by atoms with Crippen LogP contribution in [0.3, 0.4) is 0 Å². The van der Waals surface area contributed by atoms with Gasteiger partial charge in [-0.2, -0.15) is 0 Å². The molecule has 0 saturated carbocycles. The Morgan fingerprint density at radius 2 is 0.605 bits per heavy atom. The van der Waals surface area contributed by atoms with Crippen LogP contribution in [0.1, 0.15) is 18.4 Å². The molecular formula is C73H115N3O53. The van der Waals surface area contributed by atoms with Crippen LogP contribution in [-0.4, -0.2) is 555 Å². The molecule has 34 N–H and O–H groups in total. The average Bonchev–Trinajstić information content (AvgIpc) is 0.853. The fourth-order valence-electron chi connectivity index (χ4n) is 16.6. The van der Waals surface area contributed by atoms with Crippen molar-refractivity contribution in [2.75, 3.05) is 66.0 Å². The Kier molecular flexibility index (Phi) is 36.2. The highest BCUT2D eigenvalue weighted by molar-refractivity contribution is 5.89. The van der Waals surface area contributed by atoms with Crippen molar-refractivity contribution in [2.24, 2.45) is 0 Å². The molecule has 24 aliphatic heterocycles. The van der Waals surface area contributed by atoms with E-state index in [1.54, 1.807) is 0 Å². The summed E-state index contributed by atoms with van der Waals surface area (Å²) in [6, 6.07) is 3.22. The number of phenolic OH excluding ortho intramolecular Hbond substituents is 1. The van der Waals surface area contributed by atoms with E-state index in [1.807, 2.05) is 0 Å². The van der Waals surface area contributed by atoms with Crippen molar-refractivity contribution in [3.63, 3.8) is 0 Å². The minimum absolute atomic E-state index is 0.215. The monoisotopic (exact) mass is 1880 g/mol. The maximum atomic E-state index is 14.7. The second kappa shape index (κ2) is 45.2. The number of benzene rings is 1. The van der Waals surface area contributed by atoms with Gasteiger partial charge in [-0.25, -0.2) is 0 Å². The molecule has 0 aromatic heterocycles. The van der Waals surface area contributed by atoms with E-state index in [0.717, 1.165) is 0 Å². The zero-order valence-electron chi connectivity index (χ0n) is 67.8. The van der Waals surface area contributed by atoms with Crippen LogP contribution in [-0.2, 0) is 111 Å². The number of ether oxygens (including phenoxy) is 19. The molecule has 24 fully saturated rings. The number of hydrogen-bond acceptors (Lipinski definition) is 53. The van der Waals surface area contributed by atoms with Gasteiger partial charge in [0.05, 0.1) is 59.5 Å². The Bertz CT molecular complexity index is 3640. The summed E-state index contributed by atoms with van der Waals surface area (Å²) in [5.74, 6) is -3.73. The van der Waals surface area contributed by atoms with Crippen molar-refractivity contribution in [1.29, 1.82) is 0 Å². The van der Waals surface area contributed by atoms with Crippen LogP contribution < -0.4 is 16.0 Å². The summed E-state index contributed by atoms with van der Waals surface area (Å²) in [5, 5.41) is 351. The lowest BCUT2D eigenvalue weighted by Gasteiger charge is -2.50. The van der Waals surface area contributed by atoms with Crippen molar-refractivity contribution < 1.29 is 263 Å². The predicted molar refractivity (Wildman–Crippen MR) is 395 cm³/mol. The van der Waals surface area contributed by atoms with E-state index in [2.05, 4.69) is 16.0 Å². The Morgan fingerprint density at radius 3 is 0.938 bits per heavy atom. The summed E-state index contributed by atoms with van der Waals surface area (Å²) in [7, 11) is 0. The minimum atomic E-state index is -2.47. The number of aliphatic hydroxyl groups excluding tert-OH is 30. The lowest BCUT2D eigenvalue weighted by atomic mass is 9.95. The molecule has 56 heteroatoms. The zero-order valence-corrected chi connectivity index (χ0v) is 67.8. The maximum absolute atomic E-state index is 14.7. The van der Waals surface area contributed by atoms with E-state index in [1.165, 1.54) is 24.3 Å². The minimum Gasteiger partial charge on any atom is -0.508 e. The third-order valence-electron chi connectivity index (χ3n) is 24.1. The molecule has 25 rings (SSSR count). The first-order valence-corrected chi connectivity index (χ1v) is 41.2. The molecule has 1 aromatic carbocycles. The van der Waals surface area contributed by atoms with Gasteiger partial charge in [0.1, 0.15) is 256 Å². The lowest BCUT2D eigenvalue weighted by Crippen LogP contribution is -2.68. The van der Waals surface area contributed by atoms with E-state index < -0.39 is 416 Å². The molecule has 24 heterocycles. The summed E-state index contributed by atoms with van der Waals surface area (Å²) in [6.07, 6.45) is -108. The Morgan fingerprint density at radius 1 is 0.302 bits per heavy atom. The van der Waals surface area contributed by atoms with Gasteiger partial charge < -0.3 is 264 Å². The normalized spacial score (nSPS) is 48.7. The van der Waals surface area contributed by atoms with Gasteiger partial charge in [-0.3, -0.25) is 14.4 Å². The molecule has 56 nitrogen and oxygen atoms in total. The molecule has 740 valence electrons. The third kappa shape index (κ3) is 22.5. The fourth-order valence-corrected chi connectivity index (χ4v) is 16.6. The highest BCUT2D eigenvalue weighted by Gasteiger charge is 2.62. The van der Waals surface area contributed by atoms with Crippen molar-refractivity contribution in [3.8, 4) is 5.75 Å². The number of amides is 3. The first-order valence-electron chi connectivity index (χ1n) is 41.2. The molecule has 1 aromatic rings. The second-order valence-corrected chi connectivity index (χ2v) is 32.7. The van der Waals surface area contributed by atoms with E-state index >= 15 is 0 Å². The molecule has 129 heavy (non-hydrogen) atoms. The highest BCUT2D eigenvalue weighted by atomic mass is 16.8. The van der Waals surface area contributed by atoms with Gasteiger partial charge in [0.25, 0.3) is 0 Å². The summed E-state index contributed by atoms with van der Waals surface area (Å²) in [4.78, 5) is 43.0. The first kappa shape index (κ1) is 103. The molecule has 0 spiro atoms. The number of phenols is 1. The number of aromatic hydroxyl groups is 1. The predicted octanol–water partition coefficient (Wildman–Crippen LogP) is -22.3. The van der Waals surface area contributed by atoms with E-state index in [9.17, 15) is 173 Å². The molecule has 51 atom stereocenters. The molecule has 24 aliphatic rings. The summed E-state index contributed by atoms with van der Waals surface area (Å²) in [5.41, 5.74) is 0.215. The summed E-state index contributed by atoms with van der Waals surface area (Å²) >= 11 is 0. The Balaban J connectivity index is 0.782. The van der Waals surface area contributed by atoms with E-state index in [-0.39, 0.29) is 11.3 Å². The first-order chi connectivity index (χ1) is 61.3. The topological polar surface area (TPSA) is 890 Å². The van der Waals surface area contributed by atoms with Gasteiger partial charge in [-0.05, 0) is 17.7 Å². The molecule has 14 bridgehead atoms. The van der Waals surface area contributed by atoms with Crippen molar-refractivity contribution in [3.05, 3.63) is 29.8 Å². The highest BCUT2D eigenvalue weighted by Crippen LogP contribution is 2.41. The SMILES string of the molecule is O=C(CCC(=O)NC(Cc1ccc(O)cc1)C(=O)NC1OC(COC2OC(CO)C(O)C(O)C2O)C(O)C(OC2OC(CO)C(O)C(O)C2O)C1O)NCC1OC2OC3C(CO)OC(OC4C(CO)OC(OC5C(CO)OC(OC6C(CO)OC(OC7C(CO)OC(OC8C(CO)OC(OC1C(O)C2O)C(O)C8O)C(O)C7O)C(O)C6O)C(O)C5O)C(O)C4O)C(O)C3O. The molecule has 3 amide bonds. The quantitative estimate of drug-likeness (QED) is 0.0484. The Hall–Kier alpha value is -4.53. The molecule has 0 radical (unpaired) electrons. The van der Waals surface area contributed by atoms with E-state index in [4.69, 9.17) is 90.0 Å². The Labute approximate surface area is 728 Å². The smallest absolute Gasteiger partial charge is 0.244 e. The van der Waals surface area contributed by atoms with Crippen LogP contribution in [0.15, 0.2) is 24.3 Å². The van der Waals surface area contributed by atoms with Crippen molar-refractivity contribution in [1.82, 2.24) is 16.0 Å². The number of carbonyl (C=O) groups is 3. The van der Waals surface area contributed by atoms with Gasteiger partial charge in [-0.1, -0.05) is 12.1 Å². The molecule has 51 unspecified atom stereocenters. The molecular weight excluding hydrogens is 1770 g/mol. The fraction of sp³-hybridized carbons (Fsp3) is 0.877. The number of nitrogens with one attached hydrogen (secondary N) is 3. The van der Waals surface area contributed by atoms with Gasteiger partial charge in [-0.15, -0.1) is 0 Å². The maximum Gasteiger partial charge on any atom is 0.244 e. The van der Waals surface area contributed by atoms with Gasteiger partial charge in [0, 0.05) is 25.8 Å². The number of rotatable bonds is 23. The van der Waals surface area contributed by atoms with Crippen LogP contribution in [0.4, 0.5) is 0 Å². The average molecular weight is 1880 g/mol. The van der Waals surface area contributed by atoms with Crippen LogP contribution in [0.25, 0.3) is 0 Å². The van der Waals surface area contributed by atoms with Gasteiger partial charge in [0.15, 0.2) is 62.8 Å². The third-order valence-corrected chi connectivity index (χ3v) is 24.1.